The summed E-state index contributed by atoms with van der Waals surface area (Å²) in [6.45, 7) is 1.08. The molecule has 1 saturated heterocycles. The number of carbonyl (C=O) groups excluding carboxylic acids is 2. The monoisotopic (exact) mass is 385 g/mol. The second-order valence-corrected chi connectivity index (χ2v) is 8.48. The highest BCUT2D eigenvalue weighted by molar-refractivity contribution is 7.90. The number of sulfonamides is 1. The minimum atomic E-state index is -3.84. The van der Waals surface area contributed by atoms with Crippen molar-refractivity contribution in [3.05, 3.63) is 29.3 Å². The van der Waals surface area contributed by atoms with E-state index >= 15 is 0 Å². The number of piperidine rings is 1. The lowest BCUT2D eigenvalue weighted by molar-refractivity contribution is 0.0708. The van der Waals surface area contributed by atoms with Gasteiger partial charge in [-0.1, -0.05) is 0 Å². The molecule has 0 aromatic heterocycles. The zero-order chi connectivity index (χ0) is 17.1. The van der Waals surface area contributed by atoms with Crippen LogP contribution in [0.5, 0.6) is 0 Å². The fourth-order valence-electron chi connectivity index (χ4n) is 3.43. The molecule has 3 aliphatic rings. The predicted octanol–water partition coefficient (Wildman–Crippen LogP) is 0.979. The summed E-state index contributed by atoms with van der Waals surface area (Å²) in [5.41, 5.74) is 6.36. The average molecular weight is 386 g/mol. The normalized spacial score (nSPS) is 24.7. The fraction of sp³-hybridized carbons (Fsp3) is 0.500. The van der Waals surface area contributed by atoms with E-state index < -0.39 is 15.9 Å². The van der Waals surface area contributed by atoms with Crippen LogP contribution in [0.2, 0.25) is 0 Å². The third kappa shape index (κ3) is 2.92. The van der Waals surface area contributed by atoms with Crippen molar-refractivity contribution in [2.24, 2.45) is 5.73 Å². The zero-order valence-electron chi connectivity index (χ0n) is 13.6. The predicted molar refractivity (Wildman–Crippen MR) is 93.2 cm³/mol. The van der Waals surface area contributed by atoms with E-state index in [-0.39, 0.29) is 46.4 Å². The third-order valence-corrected chi connectivity index (χ3v) is 6.70. The summed E-state index contributed by atoms with van der Waals surface area (Å²) in [4.78, 5) is 26.6. The van der Waals surface area contributed by atoms with Gasteiger partial charge in [0.15, 0.2) is 0 Å². The Kier molecular flexibility index (Phi) is 4.55. The molecule has 2 amide bonds. The summed E-state index contributed by atoms with van der Waals surface area (Å²) >= 11 is 0. The maximum atomic E-state index is 12.6. The Morgan fingerprint density at radius 3 is 2.56 bits per heavy atom. The number of fused-ring (bicyclic) bond motifs is 1. The molecule has 2 fully saturated rings. The third-order valence-electron chi connectivity index (χ3n) is 4.82. The van der Waals surface area contributed by atoms with Gasteiger partial charge in [-0.2, -0.15) is 0 Å². The van der Waals surface area contributed by atoms with E-state index in [0.717, 1.165) is 17.1 Å². The largest absolute Gasteiger partial charge is 0.337 e. The number of likely N-dealkylation sites (tertiary alicyclic amines) is 1. The molecule has 0 bridgehead atoms. The topological polar surface area (TPSA) is 101 Å². The first-order valence-electron chi connectivity index (χ1n) is 8.17. The van der Waals surface area contributed by atoms with E-state index in [0.29, 0.717) is 25.9 Å². The molecule has 25 heavy (non-hydrogen) atoms. The van der Waals surface area contributed by atoms with Crippen LogP contribution in [-0.4, -0.2) is 54.6 Å². The molecule has 4 rings (SSSR count). The van der Waals surface area contributed by atoms with Gasteiger partial charge in [-0.05, 0) is 43.9 Å². The number of halogens is 1. The van der Waals surface area contributed by atoms with Crippen molar-refractivity contribution < 1.29 is 18.0 Å². The van der Waals surface area contributed by atoms with Gasteiger partial charge < -0.3 is 10.6 Å². The Morgan fingerprint density at radius 1 is 1.20 bits per heavy atom. The van der Waals surface area contributed by atoms with Crippen molar-refractivity contribution in [1.29, 1.82) is 0 Å². The highest BCUT2D eigenvalue weighted by Gasteiger charge is 2.48. The molecule has 7 nitrogen and oxygen atoms in total. The lowest BCUT2D eigenvalue weighted by Crippen LogP contribution is -2.45. The van der Waals surface area contributed by atoms with Crippen LogP contribution in [0, 0.1) is 0 Å². The highest BCUT2D eigenvalue weighted by Crippen LogP contribution is 2.39. The van der Waals surface area contributed by atoms with Crippen molar-refractivity contribution in [3.8, 4) is 0 Å². The molecular weight excluding hydrogens is 366 g/mol. The molecule has 1 aromatic carbocycles. The second kappa shape index (κ2) is 6.26. The molecular formula is C16H20ClN3O4S. The van der Waals surface area contributed by atoms with Crippen LogP contribution in [-0.2, 0) is 10.0 Å². The first kappa shape index (κ1) is 18.2. The van der Waals surface area contributed by atoms with Gasteiger partial charge in [0.05, 0.1) is 5.56 Å². The molecule has 0 spiro atoms. The first-order valence-corrected chi connectivity index (χ1v) is 9.61. The summed E-state index contributed by atoms with van der Waals surface area (Å²) in [5, 5.41) is 0. The average Bonchev–Trinajstić information content (AvgIpc) is 3.35. The highest BCUT2D eigenvalue weighted by atomic mass is 35.5. The van der Waals surface area contributed by atoms with Gasteiger partial charge in [0, 0.05) is 30.7 Å². The van der Waals surface area contributed by atoms with Gasteiger partial charge in [-0.15, -0.1) is 12.4 Å². The molecule has 9 heteroatoms. The van der Waals surface area contributed by atoms with E-state index in [9.17, 15) is 18.0 Å². The molecule has 0 radical (unpaired) electrons. The molecule has 2 N–H and O–H groups in total. The molecule has 1 aromatic rings. The number of hydrogen-bond acceptors (Lipinski definition) is 5. The van der Waals surface area contributed by atoms with Gasteiger partial charge >= 0.3 is 0 Å². The summed E-state index contributed by atoms with van der Waals surface area (Å²) in [6, 6.07) is 4.05. The van der Waals surface area contributed by atoms with Crippen LogP contribution in [0.1, 0.15) is 46.4 Å². The lowest BCUT2D eigenvalue weighted by atomic mass is 10.0. The van der Waals surface area contributed by atoms with Crippen molar-refractivity contribution in [3.63, 3.8) is 0 Å². The summed E-state index contributed by atoms with van der Waals surface area (Å²) < 4.78 is 26.3. The number of nitrogens with two attached hydrogens (primary N) is 1. The smallest absolute Gasteiger partial charge is 0.269 e. The van der Waals surface area contributed by atoms with Crippen molar-refractivity contribution in [2.45, 2.75) is 42.7 Å². The molecule has 1 saturated carbocycles. The van der Waals surface area contributed by atoms with E-state index in [4.69, 9.17) is 5.73 Å². The van der Waals surface area contributed by atoms with Gasteiger partial charge in [0.1, 0.15) is 4.90 Å². The maximum Gasteiger partial charge on any atom is 0.269 e. The van der Waals surface area contributed by atoms with Crippen LogP contribution in [0.25, 0.3) is 0 Å². The summed E-state index contributed by atoms with van der Waals surface area (Å²) in [7, 11) is -3.84. The number of hydrogen-bond donors (Lipinski definition) is 1. The second-order valence-electron chi connectivity index (χ2n) is 6.70. The van der Waals surface area contributed by atoms with E-state index in [1.54, 1.807) is 4.90 Å². The van der Waals surface area contributed by atoms with Crippen molar-refractivity contribution in [2.75, 3.05) is 13.1 Å². The molecule has 1 unspecified atom stereocenters. The molecule has 2 aliphatic heterocycles. The van der Waals surface area contributed by atoms with E-state index in [1.807, 2.05) is 0 Å². The zero-order valence-corrected chi connectivity index (χ0v) is 15.2. The van der Waals surface area contributed by atoms with E-state index in [2.05, 4.69) is 0 Å². The SMILES string of the molecule is Cl.NC1CCCN(C(=O)c2ccc3c(c2)S(=O)(=O)N(C2CC2)C3=O)C1. The number of carbonyl (C=O) groups is 2. The number of amides is 2. The van der Waals surface area contributed by atoms with Gasteiger partial charge in [-0.25, -0.2) is 12.7 Å². The number of benzene rings is 1. The van der Waals surface area contributed by atoms with Crippen LogP contribution in [0.4, 0.5) is 0 Å². The number of nitrogens with zero attached hydrogens (tertiary/aromatic N) is 2. The van der Waals surface area contributed by atoms with Crippen LogP contribution in [0.15, 0.2) is 23.1 Å². The van der Waals surface area contributed by atoms with Crippen molar-refractivity contribution >= 4 is 34.2 Å². The number of rotatable bonds is 2. The van der Waals surface area contributed by atoms with Crippen LogP contribution >= 0.6 is 12.4 Å². The minimum Gasteiger partial charge on any atom is -0.337 e. The lowest BCUT2D eigenvalue weighted by Gasteiger charge is -2.30. The van der Waals surface area contributed by atoms with Gasteiger partial charge in [-0.3, -0.25) is 9.59 Å². The van der Waals surface area contributed by atoms with Crippen LogP contribution < -0.4 is 5.73 Å². The Morgan fingerprint density at radius 2 is 1.92 bits per heavy atom. The van der Waals surface area contributed by atoms with Crippen LogP contribution in [0.3, 0.4) is 0 Å². The Balaban J connectivity index is 0.00000182. The van der Waals surface area contributed by atoms with Gasteiger partial charge in [0.2, 0.25) is 0 Å². The molecule has 2 heterocycles. The molecule has 1 aliphatic carbocycles. The minimum absolute atomic E-state index is 0. The van der Waals surface area contributed by atoms with E-state index in [1.165, 1.54) is 18.2 Å². The standard InChI is InChI=1S/C16H19N3O4S.ClH/c17-11-2-1-7-18(9-11)15(20)10-3-6-13-14(8-10)24(22,23)19(16(13)21)12-4-5-12;/h3,6,8,11-12H,1-2,4-5,7,9,17H2;1H. The molecule has 136 valence electrons. The maximum absolute atomic E-state index is 12.6. The Hall–Kier alpha value is -1.64. The Labute approximate surface area is 152 Å². The van der Waals surface area contributed by atoms with Crippen molar-refractivity contribution in [1.82, 2.24) is 9.21 Å². The first-order chi connectivity index (χ1) is 11.4. The summed E-state index contributed by atoms with van der Waals surface area (Å²) in [6.07, 6.45) is 3.13. The molecule has 1 atom stereocenters. The quantitative estimate of drug-likeness (QED) is 0.817. The Bertz CT molecular complexity index is 838. The summed E-state index contributed by atoms with van der Waals surface area (Å²) in [5.74, 6) is -0.716. The van der Waals surface area contributed by atoms with Gasteiger partial charge in [0.25, 0.3) is 21.8 Å². The fourth-order valence-corrected chi connectivity index (χ4v) is 5.27.